The number of hydrogen-bond donors (Lipinski definition) is 2. The minimum absolute atomic E-state index is 0. The van der Waals surface area contributed by atoms with Crippen molar-refractivity contribution in [2.24, 2.45) is 10.7 Å². The molecular formula is C13H28IN3. The Hall–Kier alpha value is 0. The van der Waals surface area contributed by atoms with Gasteiger partial charge in [-0.15, -0.1) is 24.0 Å². The van der Waals surface area contributed by atoms with Crippen LogP contribution in [-0.4, -0.2) is 18.5 Å². The lowest BCUT2D eigenvalue weighted by atomic mass is 10.1. The average molecular weight is 353 g/mol. The topological polar surface area (TPSA) is 50.4 Å². The number of hydrogen-bond acceptors (Lipinski definition) is 1. The quantitative estimate of drug-likeness (QED) is 0.262. The first kappa shape index (κ1) is 17.0. The maximum Gasteiger partial charge on any atom is 0.188 e. The highest BCUT2D eigenvalue weighted by Crippen LogP contribution is 2.16. The second-order valence-electron chi connectivity index (χ2n) is 4.81. The van der Waals surface area contributed by atoms with Gasteiger partial charge < -0.3 is 11.1 Å². The van der Waals surface area contributed by atoms with Crippen molar-refractivity contribution in [3.8, 4) is 0 Å². The van der Waals surface area contributed by atoms with Gasteiger partial charge in [0.2, 0.25) is 0 Å². The SMILES string of the molecule is CCCCCN=C(N)NC1CCCCCC1.I. The minimum Gasteiger partial charge on any atom is -0.370 e. The molecule has 3 nitrogen and oxygen atoms in total. The van der Waals surface area contributed by atoms with Gasteiger partial charge in [-0.3, -0.25) is 4.99 Å². The molecule has 0 spiro atoms. The molecule has 0 aromatic carbocycles. The number of halogens is 1. The third-order valence-corrected chi connectivity index (χ3v) is 3.25. The van der Waals surface area contributed by atoms with Crippen LogP contribution in [-0.2, 0) is 0 Å². The third-order valence-electron chi connectivity index (χ3n) is 3.25. The van der Waals surface area contributed by atoms with Crippen LogP contribution in [0.3, 0.4) is 0 Å². The van der Waals surface area contributed by atoms with Gasteiger partial charge in [-0.1, -0.05) is 45.4 Å². The fourth-order valence-electron chi connectivity index (χ4n) is 2.24. The highest BCUT2D eigenvalue weighted by molar-refractivity contribution is 14.0. The summed E-state index contributed by atoms with van der Waals surface area (Å²) in [7, 11) is 0. The van der Waals surface area contributed by atoms with E-state index in [0.29, 0.717) is 12.0 Å². The van der Waals surface area contributed by atoms with E-state index in [0.717, 1.165) is 13.0 Å². The van der Waals surface area contributed by atoms with Crippen molar-refractivity contribution in [3.63, 3.8) is 0 Å². The molecule has 102 valence electrons. The number of nitrogens with two attached hydrogens (primary N) is 1. The Kier molecular flexibility index (Phi) is 11.1. The van der Waals surface area contributed by atoms with Crippen molar-refractivity contribution < 1.29 is 0 Å². The molecule has 4 heteroatoms. The average Bonchev–Trinajstić information content (AvgIpc) is 2.53. The molecule has 0 aliphatic heterocycles. The van der Waals surface area contributed by atoms with Crippen LogP contribution < -0.4 is 11.1 Å². The van der Waals surface area contributed by atoms with E-state index in [1.54, 1.807) is 0 Å². The molecule has 1 fully saturated rings. The molecule has 1 aliphatic rings. The summed E-state index contributed by atoms with van der Waals surface area (Å²) in [6.07, 6.45) is 11.6. The van der Waals surface area contributed by atoms with Crippen LogP contribution in [0.25, 0.3) is 0 Å². The summed E-state index contributed by atoms with van der Waals surface area (Å²) in [5.41, 5.74) is 5.88. The van der Waals surface area contributed by atoms with Gasteiger partial charge in [0.05, 0.1) is 0 Å². The first-order valence-electron chi connectivity index (χ1n) is 6.89. The Morgan fingerprint density at radius 3 is 2.41 bits per heavy atom. The maximum atomic E-state index is 5.88. The Balaban J connectivity index is 0.00000256. The fraction of sp³-hybridized carbons (Fsp3) is 0.923. The molecule has 0 saturated heterocycles. The summed E-state index contributed by atoms with van der Waals surface area (Å²) >= 11 is 0. The van der Waals surface area contributed by atoms with Crippen LogP contribution in [0.2, 0.25) is 0 Å². The summed E-state index contributed by atoms with van der Waals surface area (Å²) in [4.78, 5) is 4.37. The van der Waals surface area contributed by atoms with Crippen molar-refractivity contribution in [1.29, 1.82) is 0 Å². The molecule has 17 heavy (non-hydrogen) atoms. The largest absolute Gasteiger partial charge is 0.370 e. The Labute approximate surface area is 123 Å². The highest BCUT2D eigenvalue weighted by atomic mass is 127. The second-order valence-corrected chi connectivity index (χ2v) is 4.81. The van der Waals surface area contributed by atoms with Crippen LogP contribution >= 0.6 is 24.0 Å². The summed E-state index contributed by atoms with van der Waals surface area (Å²) in [5.74, 6) is 0.656. The number of guanidine groups is 1. The first-order valence-corrected chi connectivity index (χ1v) is 6.89. The predicted octanol–water partition coefficient (Wildman–Crippen LogP) is 3.42. The number of nitrogens with one attached hydrogen (secondary N) is 1. The van der Waals surface area contributed by atoms with Crippen LogP contribution in [0, 0.1) is 0 Å². The number of nitrogens with zero attached hydrogens (tertiary/aromatic N) is 1. The van der Waals surface area contributed by atoms with Crippen molar-refractivity contribution in [2.75, 3.05) is 6.54 Å². The summed E-state index contributed by atoms with van der Waals surface area (Å²) in [5, 5.41) is 3.36. The Bertz CT molecular complexity index is 199. The van der Waals surface area contributed by atoms with Gasteiger partial charge in [-0.2, -0.15) is 0 Å². The van der Waals surface area contributed by atoms with Crippen molar-refractivity contribution >= 4 is 29.9 Å². The molecule has 0 aromatic heterocycles. The lowest BCUT2D eigenvalue weighted by Crippen LogP contribution is -2.39. The van der Waals surface area contributed by atoms with Crippen LogP contribution in [0.1, 0.15) is 64.7 Å². The predicted molar refractivity (Wildman–Crippen MR) is 86.1 cm³/mol. The van der Waals surface area contributed by atoms with Crippen molar-refractivity contribution in [1.82, 2.24) is 5.32 Å². The standard InChI is InChI=1S/C13H27N3.HI/c1-2-3-8-11-15-13(14)16-12-9-6-4-5-7-10-12;/h12H,2-11H2,1H3,(H3,14,15,16);1H. The normalized spacial score (nSPS) is 18.3. The maximum absolute atomic E-state index is 5.88. The molecule has 1 rings (SSSR count). The summed E-state index contributed by atoms with van der Waals surface area (Å²) in [6, 6.07) is 0.567. The number of rotatable bonds is 5. The van der Waals surface area contributed by atoms with E-state index in [1.165, 1.54) is 51.4 Å². The molecule has 0 bridgehead atoms. The first-order chi connectivity index (χ1) is 7.83. The molecule has 0 aromatic rings. The third kappa shape index (κ3) is 8.69. The summed E-state index contributed by atoms with van der Waals surface area (Å²) < 4.78 is 0. The molecule has 1 aliphatic carbocycles. The zero-order valence-corrected chi connectivity index (χ0v) is 13.4. The Morgan fingerprint density at radius 2 is 1.82 bits per heavy atom. The smallest absolute Gasteiger partial charge is 0.188 e. The van der Waals surface area contributed by atoms with E-state index in [-0.39, 0.29) is 24.0 Å². The van der Waals surface area contributed by atoms with Gasteiger partial charge in [0.25, 0.3) is 0 Å². The van der Waals surface area contributed by atoms with Crippen molar-refractivity contribution in [2.45, 2.75) is 70.8 Å². The van der Waals surface area contributed by atoms with Gasteiger partial charge in [-0.25, -0.2) is 0 Å². The van der Waals surface area contributed by atoms with Crippen LogP contribution in [0.15, 0.2) is 4.99 Å². The zero-order chi connectivity index (χ0) is 11.6. The Morgan fingerprint density at radius 1 is 1.18 bits per heavy atom. The molecule has 1 saturated carbocycles. The molecule has 0 radical (unpaired) electrons. The van der Waals surface area contributed by atoms with Crippen LogP contribution in [0.5, 0.6) is 0 Å². The van der Waals surface area contributed by atoms with Crippen LogP contribution in [0.4, 0.5) is 0 Å². The van der Waals surface area contributed by atoms with Gasteiger partial charge in [0, 0.05) is 12.6 Å². The molecule has 0 amide bonds. The van der Waals surface area contributed by atoms with E-state index in [2.05, 4.69) is 17.2 Å². The van der Waals surface area contributed by atoms with Crippen molar-refractivity contribution in [3.05, 3.63) is 0 Å². The number of unbranched alkanes of at least 4 members (excludes halogenated alkanes) is 2. The van der Waals surface area contributed by atoms with Gasteiger partial charge in [0.15, 0.2) is 5.96 Å². The molecule has 0 atom stereocenters. The lowest BCUT2D eigenvalue weighted by Gasteiger charge is -2.16. The molecule has 0 heterocycles. The highest BCUT2D eigenvalue weighted by Gasteiger charge is 2.11. The van der Waals surface area contributed by atoms with Gasteiger partial charge >= 0.3 is 0 Å². The van der Waals surface area contributed by atoms with Gasteiger partial charge in [0.1, 0.15) is 0 Å². The minimum atomic E-state index is 0. The zero-order valence-electron chi connectivity index (χ0n) is 11.1. The molecular weight excluding hydrogens is 325 g/mol. The second kappa shape index (κ2) is 11.1. The summed E-state index contributed by atoms with van der Waals surface area (Å²) in [6.45, 7) is 3.08. The van der Waals surface area contributed by atoms with Gasteiger partial charge in [-0.05, 0) is 19.3 Å². The fourth-order valence-corrected chi connectivity index (χ4v) is 2.24. The monoisotopic (exact) mass is 353 g/mol. The molecule has 0 unspecified atom stereocenters. The number of aliphatic imine (C=N–C) groups is 1. The van der Waals surface area contributed by atoms with E-state index < -0.39 is 0 Å². The van der Waals surface area contributed by atoms with E-state index >= 15 is 0 Å². The van der Waals surface area contributed by atoms with E-state index in [9.17, 15) is 0 Å². The lowest BCUT2D eigenvalue weighted by molar-refractivity contribution is 0.529. The molecule has 3 N–H and O–H groups in total. The van der Waals surface area contributed by atoms with E-state index in [1.807, 2.05) is 0 Å². The van der Waals surface area contributed by atoms with E-state index in [4.69, 9.17) is 5.73 Å².